The maximum atomic E-state index is 12.3. The second-order valence-electron chi connectivity index (χ2n) is 6.61. The van der Waals surface area contributed by atoms with Crippen LogP contribution in [0.25, 0.3) is 10.8 Å². The Morgan fingerprint density at radius 1 is 0.938 bits per heavy atom. The normalized spacial score (nSPS) is 10.6. The maximum Gasteiger partial charge on any atom is 0.276 e. The highest BCUT2D eigenvalue weighted by Gasteiger charge is 2.11. The molecule has 7 nitrogen and oxygen atoms in total. The summed E-state index contributed by atoms with van der Waals surface area (Å²) in [6.45, 7) is 3.11. The number of carbonyl (C=O) groups is 2. The molecule has 2 N–H and O–H groups in total. The number of hydrogen-bond acceptors (Lipinski definition) is 5. The van der Waals surface area contributed by atoms with Crippen LogP contribution in [0.15, 0.2) is 63.5 Å². The molecule has 0 aromatic heterocycles. The van der Waals surface area contributed by atoms with Gasteiger partial charge in [-0.2, -0.15) is 0 Å². The van der Waals surface area contributed by atoms with Gasteiger partial charge >= 0.3 is 0 Å². The number of amides is 2. The lowest BCUT2D eigenvalue weighted by Gasteiger charge is -2.12. The Labute approximate surface area is 202 Å². The van der Waals surface area contributed by atoms with E-state index < -0.39 is 11.8 Å². The molecule has 0 unspecified atom stereocenters. The molecule has 0 fully saturated rings. The van der Waals surface area contributed by atoms with Crippen LogP contribution in [0, 0.1) is 0 Å². The van der Waals surface area contributed by atoms with Crippen molar-refractivity contribution in [3.8, 4) is 11.5 Å². The van der Waals surface area contributed by atoms with Gasteiger partial charge in [-0.3, -0.25) is 20.4 Å². The van der Waals surface area contributed by atoms with Crippen LogP contribution in [0.5, 0.6) is 11.5 Å². The third-order valence-corrected chi connectivity index (χ3v) is 5.66. The Kier molecular flexibility index (Phi) is 8.90. The van der Waals surface area contributed by atoms with Crippen molar-refractivity contribution in [2.45, 2.75) is 6.92 Å². The lowest BCUT2D eigenvalue weighted by Crippen LogP contribution is -2.43. The molecule has 0 aliphatic carbocycles. The Hall–Kier alpha value is -2.62. The zero-order chi connectivity index (χ0) is 22.9. The molecule has 32 heavy (non-hydrogen) atoms. The lowest BCUT2D eigenvalue weighted by molar-refractivity contribution is -0.123. The van der Waals surface area contributed by atoms with Gasteiger partial charge in [-0.1, -0.05) is 34.1 Å². The molecule has 3 rings (SSSR count). The molecule has 0 aliphatic heterocycles. The van der Waals surface area contributed by atoms with E-state index in [9.17, 15) is 9.59 Å². The van der Waals surface area contributed by atoms with Crippen LogP contribution < -0.4 is 20.3 Å². The fourth-order valence-electron chi connectivity index (χ4n) is 2.82. The first-order chi connectivity index (χ1) is 15.5. The Morgan fingerprint density at radius 3 is 2.59 bits per heavy atom. The van der Waals surface area contributed by atoms with E-state index in [2.05, 4.69) is 42.7 Å². The van der Waals surface area contributed by atoms with Gasteiger partial charge in [0.25, 0.3) is 11.8 Å². The van der Waals surface area contributed by atoms with Crippen molar-refractivity contribution in [1.29, 1.82) is 0 Å². The van der Waals surface area contributed by atoms with E-state index in [4.69, 9.17) is 14.2 Å². The van der Waals surface area contributed by atoms with Crippen LogP contribution in [0.4, 0.5) is 0 Å². The zero-order valence-corrected chi connectivity index (χ0v) is 20.5. The van der Waals surface area contributed by atoms with Crippen molar-refractivity contribution in [3.63, 3.8) is 0 Å². The molecule has 168 valence electrons. The van der Waals surface area contributed by atoms with Gasteiger partial charge in [-0.05, 0) is 70.0 Å². The lowest BCUT2D eigenvalue weighted by atomic mass is 10.1. The highest BCUT2D eigenvalue weighted by atomic mass is 79.9. The summed E-state index contributed by atoms with van der Waals surface area (Å²) < 4.78 is 18.1. The number of rotatable bonds is 9. The number of nitrogens with one attached hydrogen (secondary N) is 2. The second-order valence-corrected chi connectivity index (χ2v) is 8.32. The first kappa shape index (κ1) is 24.0. The first-order valence-electron chi connectivity index (χ1n) is 9.88. The average Bonchev–Trinajstić information content (AvgIpc) is 2.80. The molecule has 2 amide bonds. The predicted molar refractivity (Wildman–Crippen MR) is 129 cm³/mol. The van der Waals surface area contributed by atoms with Crippen molar-refractivity contribution >= 4 is 54.4 Å². The largest absolute Gasteiger partial charge is 0.491 e. The molecule has 3 aromatic carbocycles. The minimum absolute atomic E-state index is 0.262. The summed E-state index contributed by atoms with van der Waals surface area (Å²) in [5, 5.41) is 1.99. The van der Waals surface area contributed by atoms with Crippen LogP contribution in [0.3, 0.4) is 0 Å². The monoisotopic (exact) mass is 564 g/mol. The summed E-state index contributed by atoms with van der Waals surface area (Å²) in [7, 11) is 0. The quantitative estimate of drug-likeness (QED) is 0.292. The molecule has 0 bridgehead atoms. The Bertz CT molecular complexity index is 1110. The number of ether oxygens (including phenoxy) is 3. The molecule has 3 aromatic rings. The van der Waals surface area contributed by atoms with E-state index in [0.717, 1.165) is 19.7 Å². The summed E-state index contributed by atoms with van der Waals surface area (Å²) in [6.07, 6.45) is 0. The van der Waals surface area contributed by atoms with Crippen LogP contribution in [0.1, 0.15) is 17.3 Å². The van der Waals surface area contributed by atoms with Crippen molar-refractivity contribution in [3.05, 3.63) is 69.1 Å². The smallest absolute Gasteiger partial charge is 0.276 e. The van der Waals surface area contributed by atoms with Gasteiger partial charge in [0, 0.05) is 16.6 Å². The zero-order valence-electron chi connectivity index (χ0n) is 17.3. The summed E-state index contributed by atoms with van der Waals surface area (Å²) in [5.41, 5.74) is 5.07. The number of halogens is 2. The van der Waals surface area contributed by atoms with Gasteiger partial charge in [0.1, 0.15) is 18.1 Å². The van der Waals surface area contributed by atoms with Crippen LogP contribution in [0.2, 0.25) is 0 Å². The van der Waals surface area contributed by atoms with Gasteiger partial charge in [0.05, 0.1) is 11.1 Å². The molecule has 0 atom stereocenters. The molecular weight excluding hydrogens is 544 g/mol. The van der Waals surface area contributed by atoms with Gasteiger partial charge in [-0.15, -0.1) is 0 Å². The van der Waals surface area contributed by atoms with Crippen molar-refractivity contribution in [1.82, 2.24) is 10.9 Å². The summed E-state index contributed by atoms with van der Waals surface area (Å²) >= 11 is 6.97. The van der Waals surface area contributed by atoms with E-state index in [1.807, 2.05) is 31.2 Å². The standard InChI is InChI=1S/C23H22Br2N2O5/c1-2-30-10-11-31-18-5-3-4-16(13-18)23(29)27-26-21(28)14-32-20-9-6-15-12-17(24)7-8-19(15)22(20)25/h3-9,12-13H,2,10-11,14H2,1H3,(H,26,28)(H,27,29). The minimum Gasteiger partial charge on any atom is -0.491 e. The van der Waals surface area contributed by atoms with Crippen LogP contribution in [-0.2, 0) is 9.53 Å². The summed E-state index contributed by atoms with van der Waals surface area (Å²) in [5.74, 6) is 0.106. The van der Waals surface area contributed by atoms with Gasteiger partial charge in [0.2, 0.25) is 0 Å². The fourth-order valence-corrected chi connectivity index (χ4v) is 3.81. The van der Waals surface area contributed by atoms with E-state index in [1.165, 1.54) is 0 Å². The fraction of sp³-hybridized carbons (Fsp3) is 0.217. The number of fused-ring (bicyclic) bond motifs is 1. The third-order valence-electron chi connectivity index (χ3n) is 4.35. The molecule has 0 saturated carbocycles. The topological polar surface area (TPSA) is 85.9 Å². The van der Waals surface area contributed by atoms with E-state index in [0.29, 0.717) is 36.9 Å². The first-order valence-corrected chi connectivity index (χ1v) is 11.5. The number of hydrazine groups is 1. The van der Waals surface area contributed by atoms with Crippen LogP contribution >= 0.6 is 31.9 Å². The van der Waals surface area contributed by atoms with E-state index in [1.54, 1.807) is 30.3 Å². The van der Waals surface area contributed by atoms with Crippen molar-refractivity contribution in [2.75, 3.05) is 26.4 Å². The summed E-state index contributed by atoms with van der Waals surface area (Å²) in [6, 6.07) is 16.2. The number of carbonyl (C=O) groups excluding carboxylic acids is 2. The molecule has 0 spiro atoms. The van der Waals surface area contributed by atoms with Gasteiger partial charge in [-0.25, -0.2) is 0 Å². The molecule has 0 radical (unpaired) electrons. The van der Waals surface area contributed by atoms with Crippen LogP contribution in [-0.4, -0.2) is 38.2 Å². The maximum absolute atomic E-state index is 12.3. The minimum atomic E-state index is -0.495. The van der Waals surface area contributed by atoms with E-state index >= 15 is 0 Å². The third kappa shape index (κ3) is 6.69. The average molecular weight is 566 g/mol. The SMILES string of the molecule is CCOCCOc1cccc(C(=O)NNC(=O)COc2ccc3cc(Br)ccc3c2Br)c1. The number of hydrogen-bond donors (Lipinski definition) is 2. The molecule has 9 heteroatoms. The predicted octanol–water partition coefficient (Wildman–Crippen LogP) is 4.62. The van der Waals surface area contributed by atoms with Gasteiger partial charge in [0.15, 0.2) is 6.61 Å². The summed E-state index contributed by atoms with van der Waals surface area (Å²) in [4.78, 5) is 24.5. The highest BCUT2D eigenvalue weighted by Crippen LogP contribution is 2.34. The number of benzene rings is 3. The van der Waals surface area contributed by atoms with Crippen molar-refractivity contribution in [2.24, 2.45) is 0 Å². The van der Waals surface area contributed by atoms with Gasteiger partial charge < -0.3 is 14.2 Å². The Balaban J connectivity index is 1.50. The van der Waals surface area contributed by atoms with Crippen molar-refractivity contribution < 1.29 is 23.8 Å². The molecule has 0 heterocycles. The highest BCUT2D eigenvalue weighted by molar-refractivity contribution is 9.11. The van der Waals surface area contributed by atoms with E-state index in [-0.39, 0.29) is 6.61 Å². The Morgan fingerprint density at radius 2 is 1.78 bits per heavy atom. The molecule has 0 saturated heterocycles. The molecule has 0 aliphatic rings. The molecular formula is C23H22Br2N2O5. The second kappa shape index (κ2) is 11.8.